The van der Waals surface area contributed by atoms with Gasteiger partial charge in [-0.1, -0.05) is 29.4 Å². The Hall–Kier alpha value is -2.95. The third kappa shape index (κ3) is 6.99. The molecular weight excluding hydrogens is 354 g/mol. The molecule has 0 N–H and O–H groups in total. The minimum Gasteiger partial charge on any atom is -0.493 e. The van der Waals surface area contributed by atoms with Gasteiger partial charge in [0.25, 0.3) is 0 Å². The molecule has 0 spiro atoms. The lowest BCUT2D eigenvalue weighted by atomic mass is 10.1. The maximum atomic E-state index is 5.98. The highest BCUT2D eigenvalue weighted by Crippen LogP contribution is 2.28. The molecule has 0 bridgehead atoms. The number of allylic oxidation sites excluding steroid dienone is 1. The number of ether oxygens (including phenoxy) is 3. The Morgan fingerprint density at radius 3 is 2.39 bits per heavy atom. The van der Waals surface area contributed by atoms with Gasteiger partial charge in [0.05, 0.1) is 19.4 Å². The van der Waals surface area contributed by atoms with Crippen molar-refractivity contribution >= 4 is 6.21 Å². The molecule has 2 rings (SSSR count). The summed E-state index contributed by atoms with van der Waals surface area (Å²) in [5, 5.41) is 3.76. The standard InChI is InChI=1S/C23H29NO4/c1-5-6-11-27-22-14-18(2)23(19(3)15-22)28-13-8-12-26-21-10-7-9-20(16-21)17-24-25-4/h5-7,9-10,14-17H,8,11-13H2,1-4H3/b6-5+,24-17+. The molecule has 5 heteroatoms. The van der Waals surface area contributed by atoms with E-state index in [1.807, 2.05) is 69.3 Å². The van der Waals surface area contributed by atoms with Gasteiger partial charge in [0, 0.05) is 6.42 Å². The van der Waals surface area contributed by atoms with Crippen LogP contribution in [0.4, 0.5) is 0 Å². The van der Waals surface area contributed by atoms with E-state index < -0.39 is 0 Å². The Morgan fingerprint density at radius 1 is 0.929 bits per heavy atom. The average Bonchev–Trinajstić information content (AvgIpc) is 2.68. The zero-order valence-corrected chi connectivity index (χ0v) is 17.1. The van der Waals surface area contributed by atoms with Crippen molar-refractivity contribution in [3.63, 3.8) is 0 Å². The van der Waals surface area contributed by atoms with Crippen LogP contribution >= 0.6 is 0 Å². The molecule has 0 aliphatic rings. The summed E-state index contributed by atoms with van der Waals surface area (Å²) in [5.74, 6) is 2.58. The third-order valence-corrected chi connectivity index (χ3v) is 3.98. The van der Waals surface area contributed by atoms with Crippen molar-refractivity contribution in [2.75, 3.05) is 26.9 Å². The zero-order valence-electron chi connectivity index (χ0n) is 17.1. The second-order valence-corrected chi connectivity index (χ2v) is 6.31. The van der Waals surface area contributed by atoms with Crippen LogP contribution in [0, 0.1) is 13.8 Å². The van der Waals surface area contributed by atoms with Gasteiger partial charge in [-0.05, 0) is 61.7 Å². The van der Waals surface area contributed by atoms with Gasteiger partial charge in [-0.15, -0.1) is 0 Å². The summed E-state index contributed by atoms with van der Waals surface area (Å²) in [5.41, 5.74) is 3.07. The maximum absolute atomic E-state index is 5.98. The van der Waals surface area contributed by atoms with Crippen molar-refractivity contribution in [1.82, 2.24) is 0 Å². The summed E-state index contributed by atoms with van der Waals surface area (Å²) in [6, 6.07) is 11.7. The first-order valence-corrected chi connectivity index (χ1v) is 9.41. The smallest absolute Gasteiger partial charge is 0.125 e. The lowest BCUT2D eigenvalue weighted by Gasteiger charge is -2.14. The molecule has 0 unspecified atom stereocenters. The maximum Gasteiger partial charge on any atom is 0.125 e. The second kappa shape index (κ2) is 11.7. The fourth-order valence-electron chi connectivity index (χ4n) is 2.68. The first kappa shape index (κ1) is 21.4. The van der Waals surface area contributed by atoms with Crippen LogP contribution in [0.3, 0.4) is 0 Å². The zero-order chi connectivity index (χ0) is 20.2. The van der Waals surface area contributed by atoms with Crippen LogP contribution in [-0.4, -0.2) is 33.1 Å². The van der Waals surface area contributed by atoms with Crippen molar-refractivity contribution in [3.05, 3.63) is 65.2 Å². The predicted octanol–water partition coefficient (Wildman–Crippen LogP) is 5.09. The van der Waals surface area contributed by atoms with E-state index in [0.29, 0.717) is 19.8 Å². The van der Waals surface area contributed by atoms with Crippen LogP contribution in [0.1, 0.15) is 30.0 Å². The fraction of sp³-hybridized carbons (Fsp3) is 0.348. The van der Waals surface area contributed by atoms with Crippen molar-refractivity contribution in [3.8, 4) is 17.2 Å². The monoisotopic (exact) mass is 383 g/mol. The van der Waals surface area contributed by atoms with Crippen molar-refractivity contribution in [1.29, 1.82) is 0 Å². The molecule has 0 aliphatic carbocycles. The van der Waals surface area contributed by atoms with E-state index >= 15 is 0 Å². The third-order valence-electron chi connectivity index (χ3n) is 3.98. The summed E-state index contributed by atoms with van der Waals surface area (Å²) in [4.78, 5) is 4.69. The molecule has 0 atom stereocenters. The number of oxime groups is 1. The van der Waals surface area contributed by atoms with Crippen LogP contribution < -0.4 is 14.2 Å². The van der Waals surface area contributed by atoms with Crippen molar-refractivity contribution in [2.24, 2.45) is 5.16 Å². The largest absolute Gasteiger partial charge is 0.493 e. The van der Waals surface area contributed by atoms with Gasteiger partial charge in [-0.2, -0.15) is 0 Å². The van der Waals surface area contributed by atoms with E-state index in [0.717, 1.165) is 40.4 Å². The first-order chi connectivity index (χ1) is 13.6. The molecule has 0 aromatic heterocycles. The van der Waals surface area contributed by atoms with E-state index in [1.165, 1.54) is 7.11 Å². The van der Waals surface area contributed by atoms with Crippen LogP contribution in [0.5, 0.6) is 17.2 Å². The minimum absolute atomic E-state index is 0.575. The quantitative estimate of drug-likeness (QED) is 0.235. The van der Waals surface area contributed by atoms with Crippen LogP contribution in [-0.2, 0) is 4.84 Å². The summed E-state index contributed by atoms with van der Waals surface area (Å²) in [7, 11) is 1.52. The molecule has 2 aromatic carbocycles. The second-order valence-electron chi connectivity index (χ2n) is 6.31. The van der Waals surface area contributed by atoms with Gasteiger partial charge >= 0.3 is 0 Å². The topological polar surface area (TPSA) is 49.3 Å². The number of rotatable bonds is 11. The molecule has 0 radical (unpaired) electrons. The summed E-state index contributed by atoms with van der Waals surface area (Å²) < 4.78 is 17.5. The average molecular weight is 383 g/mol. The number of hydrogen-bond acceptors (Lipinski definition) is 5. The van der Waals surface area contributed by atoms with E-state index in [9.17, 15) is 0 Å². The highest BCUT2D eigenvalue weighted by molar-refractivity contribution is 5.79. The Morgan fingerprint density at radius 2 is 1.68 bits per heavy atom. The van der Waals surface area contributed by atoms with E-state index in [-0.39, 0.29) is 0 Å². The molecule has 150 valence electrons. The minimum atomic E-state index is 0.575. The molecule has 0 heterocycles. The normalized spacial score (nSPS) is 11.1. The van der Waals surface area contributed by atoms with Crippen LogP contribution in [0.25, 0.3) is 0 Å². The molecular formula is C23H29NO4. The highest BCUT2D eigenvalue weighted by Gasteiger charge is 2.07. The van der Waals surface area contributed by atoms with Gasteiger partial charge in [-0.25, -0.2) is 0 Å². The van der Waals surface area contributed by atoms with Gasteiger partial charge in [0.15, 0.2) is 0 Å². The van der Waals surface area contributed by atoms with Gasteiger partial charge in [0.1, 0.15) is 31.0 Å². The van der Waals surface area contributed by atoms with E-state index in [1.54, 1.807) is 6.21 Å². The molecule has 0 fully saturated rings. The molecule has 0 saturated heterocycles. The van der Waals surface area contributed by atoms with Gasteiger partial charge in [0.2, 0.25) is 0 Å². The fourth-order valence-corrected chi connectivity index (χ4v) is 2.68. The van der Waals surface area contributed by atoms with E-state index in [4.69, 9.17) is 19.0 Å². The Balaban J connectivity index is 1.79. The molecule has 0 amide bonds. The number of benzene rings is 2. The van der Waals surface area contributed by atoms with Gasteiger partial charge in [-0.3, -0.25) is 0 Å². The Labute approximate surface area is 167 Å². The Bertz CT molecular complexity index is 776. The lowest BCUT2D eigenvalue weighted by molar-refractivity contribution is 0.215. The summed E-state index contributed by atoms with van der Waals surface area (Å²) in [6.45, 7) is 7.79. The molecule has 0 aliphatic heterocycles. The highest BCUT2D eigenvalue weighted by atomic mass is 16.6. The van der Waals surface area contributed by atoms with Crippen molar-refractivity contribution < 1.29 is 19.0 Å². The van der Waals surface area contributed by atoms with Crippen LogP contribution in [0.15, 0.2) is 53.7 Å². The summed E-state index contributed by atoms with van der Waals surface area (Å²) >= 11 is 0. The molecule has 0 saturated carbocycles. The van der Waals surface area contributed by atoms with E-state index in [2.05, 4.69) is 5.16 Å². The molecule has 28 heavy (non-hydrogen) atoms. The lowest BCUT2D eigenvalue weighted by Crippen LogP contribution is -2.07. The molecule has 2 aromatic rings. The number of nitrogens with zero attached hydrogens (tertiary/aromatic N) is 1. The summed E-state index contributed by atoms with van der Waals surface area (Å²) in [6.07, 6.45) is 6.39. The number of aryl methyl sites for hydroxylation is 2. The molecule has 5 nitrogen and oxygen atoms in total. The first-order valence-electron chi connectivity index (χ1n) is 9.41. The predicted molar refractivity (Wildman–Crippen MR) is 113 cm³/mol. The van der Waals surface area contributed by atoms with Crippen molar-refractivity contribution in [2.45, 2.75) is 27.2 Å². The SMILES string of the molecule is C/C=C/COc1cc(C)c(OCCCOc2cccc(/C=N/OC)c2)c(C)c1. The van der Waals surface area contributed by atoms with Crippen LogP contribution in [0.2, 0.25) is 0 Å². The van der Waals surface area contributed by atoms with Gasteiger partial charge < -0.3 is 19.0 Å². The number of hydrogen-bond donors (Lipinski definition) is 0. The Kier molecular flexibility index (Phi) is 8.92.